The molecular weight excluding hydrogens is 222 g/mol. The molecule has 1 aliphatic heterocycles. The van der Waals surface area contributed by atoms with E-state index in [0.717, 1.165) is 19.5 Å². The number of carboxylic acids is 1. The summed E-state index contributed by atoms with van der Waals surface area (Å²) in [5.74, 6) is 0.578. The third kappa shape index (κ3) is 2.63. The van der Waals surface area contributed by atoms with Gasteiger partial charge in [-0.15, -0.1) is 0 Å². The van der Waals surface area contributed by atoms with Crippen LogP contribution in [-0.4, -0.2) is 39.2 Å². The average molecular weight is 239 g/mol. The largest absolute Gasteiger partial charge is 0.481 e. The van der Waals surface area contributed by atoms with Crippen molar-refractivity contribution >= 4 is 5.97 Å². The molecule has 1 N–H and O–H groups in total. The van der Waals surface area contributed by atoms with E-state index in [1.165, 1.54) is 0 Å². The predicted octanol–water partition coefficient (Wildman–Crippen LogP) is 0.784. The molecule has 17 heavy (non-hydrogen) atoms. The van der Waals surface area contributed by atoms with Gasteiger partial charge in [-0.05, 0) is 5.92 Å². The molecule has 0 aromatic carbocycles. The standard InChI is InChI=1S/C11H17N3O3/c1-3-10-12-9(13-17-10)6-14-4-8(5-14)7(2)11(15)16/h7-8H,3-6H2,1-2H3,(H,15,16). The van der Waals surface area contributed by atoms with Gasteiger partial charge in [0.05, 0.1) is 12.5 Å². The Kier molecular flexibility index (Phi) is 3.42. The predicted molar refractivity (Wildman–Crippen MR) is 59.2 cm³/mol. The zero-order valence-corrected chi connectivity index (χ0v) is 10.1. The molecule has 1 atom stereocenters. The normalized spacial score (nSPS) is 18.9. The van der Waals surface area contributed by atoms with E-state index in [2.05, 4.69) is 15.0 Å². The Labute approximate surface area is 99.6 Å². The topological polar surface area (TPSA) is 79.5 Å². The van der Waals surface area contributed by atoms with Crippen molar-refractivity contribution in [2.24, 2.45) is 11.8 Å². The maximum Gasteiger partial charge on any atom is 0.306 e. The van der Waals surface area contributed by atoms with Gasteiger partial charge in [-0.25, -0.2) is 0 Å². The number of likely N-dealkylation sites (tertiary alicyclic amines) is 1. The maximum absolute atomic E-state index is 10.8. The Morgan fingerprint density at radius 2 is 2.35 bits per heavy atom. The van der Waals surface area contributed by atoms with E-state index in [4.69, 9.17) is 9.63 Å². The Morgan fingerprint density at radius 3 is 2.88 bits per heavy atom. The molecule has 1 aromatic rings. The number of aliphatic carboxylic acids is 1. The summed E-state index contributed by atoms with van der Waals surface area (Å²) in [6, 6.07) is 0. The summed E-state index contributed by atoms with van der Waals surface area (Å²) in [4.78, 5) is 17.1. The highest BCUT2D eigenvalue weighted by molar-refractivity contribution is 5.70. The second-order valence-corrected chi connectivity index (χ2v) is 4.54. The third-order valence-corrected chi connectivity index (χ3v) is 3.26. The van der Waals surface area contributed by atoms with Crippen LogP contribution in [0.2, 0.25) is 0 Å². The zero-order chi connectivity index (χ0) is 12.4. The molecule has 1 aromatic heterocycles. The number of carboxylic acid groups (broad SMARTS) is 1. The van der Waals surface area contributed by atoms with Crippen molar-refractivity contribution in [1.82, 2.24) is 15.0 Å². The number of rotatable bonds is 5. The highest BCUT2D eigenvalue weighted by Gasteiger charge is 2.34. The fourth-order valence-electron chi connectivity index (χ4n) is 1.95. The first-order valence-electron chi connectivity index (χ1n) is 5.86. The molecule has 0 amide bonds. The lowest BCUT2D eigenvalue weighted by atomic mass is 9.87. The summed E-state index contributed by atoms with van der Waals surface area (Å²) in [6.45, 7) is 5.96. The van der Waals surface area contributed by atoms with Crippen molar-refractivity contribution in [1.29, 1.82) is 0 Å². The summed E-state index contributed by atoms with van der Waals surface area (Å²) in [5, 5.41) is 12.7. The first-order valence-corrected chi connectivity index (χ1v) is 5.86. The lowest BCUT2D eigenvalue weighted by Gasteiger charge is -2.40. The van der Waals surface area contributed by atoms with Gasteiger partial charge in [0.2, 0.25) is 5.89 Å². The SMILES string of the molecule is CCc1nc(CN2CC(C(C)C(=O)O)C2)no1. The van der Waals surface area contributed by atoms with E-state index in [1.54, 1.807) is 6.92 Å². The molecule has 1 aliphatic rings. The number of hydrogen-bond donors (Lipinski definition) is 1. The van der Waals surface area contributed by atoms with E-state index in [-0.39, 0.29) is 11.8 Å². The molecule has 0 spiro atoms. The molecule has 6 nitrogen and oxygen atoms in total. The van der Waals surface area contributed by atoms with Gasteiger partial charge < -0.3 is 9.63 Å². The van der Waals surface area contributed by atoms with Crippen LogP contribution in [0.1, 0.15) is 25.6 Å². The van der Waals surface area contributed by atoms with E-state index < -0.39 is 5.97 Å². The quantitative estimate of drug-likeness (QED) is 0.818. The third-order valence-electron chi connectivity index (χ3n) is 3.26. The molecule has 2 rings (SSSR count). The Morgan fingerprint density at radius 1 is 1.65 bits per heavy atom. The fourth-order valence-corrected chi connectivity index (χ4v) is 1.95. The number of hydrogen-bond acceptors (Lipinski definition) is 5. The van der Waals surface area contributed by atoms with Gasteiger partial charge in [0.1, 0.15) is 0 Å². The van der Waals surface area contributed by atoms with E-state index >= 15 is 0 Å². The Balaban J connectivity index is 1.79. The first kappa shape index (κ1) is 12.0. The minimum Gasteiger partial charge on any atom is -0.481 e. The molecule has 6 heteroatoms. The minimum absolute atomic E-state index is 0.241. The second kappa shape index (κ2) is 4.83. The van der Waals surface area contributed by atoms with Crippen LogP contribution in [0.15, 0.2) is 4.52 Å². The van der Waals surface area contributed by atoms with Crippen molar-refractivity contribution in [3.05, 3.63) is 11.7 Å². The number of carbonyl (C=O) groups is 1. The van der Waals surface area contributed by atoms with Crippen molar-refractivity contribution < 1.29 is 14.4 Å². The molecule has 2 heterocycles. The van der Waals surface area contributed by atoms with Gasteiger partial charge in [-0.2, -0.15) is 4.98 Å². The fraction of sp³-hybridized carbons (Fsp3) is 0.727. The van der Waals surface area contributed by atoms with Crippen LogP contribution in [0.25, 0.3) is 0 Å². The van der Waals surface area contributed by atoms with Gasteiger partial charge in [0, 0.05) is 19.5 Å². The number of aromatic nitrogens is 2. The van der Waals surface area contributed by atoms with Crippen LogP contribution in [0.3, 0.4) is 0 Å². The highest BCUT2D eigenvalue weighted by atomic mass is 16.5. The van der Waals surface area contributed by atoms with Crippen molar-refractivity contribution in [2.75, 3.05) is 13.1 Å². The van der Waals surface area contributed by atoms with Crippen LogP contribution < -0.4 is 0 Å². The summed E-state index contributed by atoms with van der Waals surface area (Å²) in [5.41, 5.74) is 0. The van der Waals surface area contributed by atoms with Crippen molar-refractivity contribution in [2.45, 2.75) is 26.8 Å². The molecule has 1 saturated heterocycles. The Bertz CT molecular complexity index is 398. The lowest BCUT2D eigenvalue weighted by molar-refractivity contribution is -0.145. The van der Waals surface area contributed by atoms with Crippen molar-refractivity contribution in [3.63, 3.8) is 0 Å². The van der Waals surface area contributed by atoms with Crippen molar-refractivity contribution in [3.8, 4) is 0 Å². The summed E-state index contributed by atoms with van der Waals surface area (Å²) in [6.07, 6.45) is 0.742. The van der Waals surface area contributed by atoms with Gasteiger partial charge in [-0.1, -0.05) is 19.0 Å². The van der Waals surface area contributed by atoms with Gasteiger partial charge in [0.25, 0.3) is 0 Å². The molecular formula is C11H17N3O3. The molecule has 0 saturated carbocycles. The van der Waals surface area contributed by atoms with Gasteiger partial charge >= 0.3 is 5.97 Å². The molecule has 0 bridgehead atoms. The van der Waals surface area contributed by atoms with E-state index in [9.17, 15) is 4.79 Å². The highest BCUT2D eigenvalue weighted by Crippen LogP contribution is 2.25. The van der Waals surface area contributed by atoms with Gasteiger partial charge in [0.15, 0.2) is 5.82 Å². The molecule has 94 valence electrons. The maximum atomic E-state index is 10.8. The zero-order valence-electron chi connectivity index (χ0n) is 10.1. The van der Waals surface area contributed by atoms with Crippen LogP contribution in [0.4, 0.5) is 0 Å². The molecule has 0 radical (unpaired) electrons. The first-order chi connectivity index (χ1) is 8.10. The lowest BCUT2D eigenvalue weighted by Crippen LogP contribution is -2.50. The minimum atomic E-state index is -0.720. The van der Waals surface area contributed by atoms with Crippen LogP contribution in [-0.2, 0) is 17.8 Å². The monoisotopic (exact) mass is 239 g/mol. The molecule has 1 unspecified atom stereocenters. The van der Waals surface area contributed by atoms with Gasteiger partial charge in [-0.3, -0.25) is 9.69 Å². The van der Waals surface area contributed by atoms with Crippen LogP contribution in [0, 0.1) is 11.8 Å². The summed E-state index contributed by atoms with van der Waals surface area (Å²) in [7, 11) is 0. The van der Waals surface area contributed by atoms with E-state index in [1.807, 2.05) is 6.92 Å². The van der Waals surface area contributed by atoms with Crippen LogP contribution >= 0.6 is 0 Å². The Hall–Kier alpha value is -1.43. The van der Waals surface area contributed by atoms with E-state index in [0.29, 0.717) is 18.3 Å². The number of nitrogens with zero attached hydrogens (tertiary/aromatic N) is 3. The van der Waals surface area contributed by atoms with Crippen LogP contribution in [0.5, 0.6) is 0 Å². The smallest absolute Gasteiger partial charge is 0.306 e. The number of aryl methyl sites for hydroxylation is 1. The average Bonchev–Trinajstić information content (AvgIpc) is 2.69. The summed E-state index contributed by atoms with van der Waals surface area (Å²) < 4.78 is 5.01. The second-order valence-electron chi connectivity index (χ2n) is 4.54. The molecule has 0 aliphatic carbocycles. The molecule has 1 fully saturated rings. The summed E-state index contributed by atoms with van der Waals surface area (Å²) >= 11 is 0.